The van der Waals surface area contributed by atoms with Crippen molar-refractivity contribution < 1.29 is 4.79 Å². The number of carbonyl (C=O) groups is 1. The predicted molar refractivity (Wildman–Crippen MR) is 95.9 cm³/mol. The molecule has 3 rings (SSSR count). The zero-order valence-corrected chi connectivity index (χ0v) is 14.2. The van der Waals surface area contributed by atoms with Gasteiger partial charge in [-0.25, -0.2) is 4.98 Å². The van der Waals surface area contributed by atoms with Crippen LogP contribution in [-0.2, 0) is 4.79 Å². The van der Waals surface area contributed by atoms with E-state index in [0.29, 0.717) is 12.5 Å². The van der Waals surface area contributed by atoms with Crippen molar-refractivity contribution in [3.63, 3.8) is 0 Å². The number of rotatable bonds is 5. The molecule has 1 aliphatic heterocycles. The molecule has 0 bridgehead atoms. The van der Waals surface area contributed by atoms with Crippen molar-refractivity contribution in [3.8, 4) is 0 Å². The van der Waals surface area contributed by atoms with Gasteiger partial charge in [-0.3, -0.25) is 4.79 Å². The zero-order chi connectivity index (χ0) is 16.1. The highest BCUT2D eigenvalue weighted by Gasteiger charge is 2.22. The van der Waals surface area contributed by atoms with Crippen molar-refractivity contribution in [1.29, 1.82) is 0 Å². The molecule has 120 valence electrons. The fourth-order valence-corrected chi connectivity index (χ4v) is 3.31. The SMILES string of the molecule is O=C(/C=C/c1nccs1)NC[C@H]1CCN(c2ccc(Cl)cc2)C1. The standard InChI is InChI=1S/C17H18ClN3OS/c18-14-1-3-15(4-2-14)21-9-7-13(12-21)11-20-16(22)5-6-17-19-8-10-23-17/h1-6,8,10,13H,7,9,11-12H2,(H,20,22)/b6-5+/t13-/m1/s1. The monoisotopic (exact) mass is 347 g/mol. The van der Waals surface area contributed by atoms with Crippen molar-refractivity contribution in [1.82, 2.24) is 10.3 Å². The summed E-state index contributed by atoms with van der Waals surface area (Å²) in [6.45, 7) is 2.67. The van der Waals surface area contributed by atoms with Crippen LogP contribution in [0.25, 0.3) is 6.08 Å². The van der Waals surface area contributed by atoms with Crippen molar-refractivity contribution in [2.45, 2.75) is 6.42 Å². The van der Waals surface area contributed by atoms with Crippen LogP contribution in [0, 0.1) is 5.92 Å². The van der Waals surface area contributed by atoms with E-state index in [-0.39, 0.29) is 5.91 Å². The van der Waals surface area contributed by atoms with Crippen molar-refractivity contribution in [2.24, 2.45) is 5.92 Å². The summed E-state index contributed by atoms with van der Waals surface area (Å²) in [5.74, 6) is 0.410. The molecule has 0 unspecified atom stereocenters. The lowest BCUT2D eigenvalue weighted by Crippen LogP contribution is -2.29. The summed E-state index contributed by atoms with van der Waals surface area (Å²) in [4.78, 5) is 18.3. The second-order valence-electron chi connectivity index (χ2n) is 5.53. The summed E-state index contributed by atoms with van der Waals surface area (Å²) in [7, 11) is 0. The fourth-order valence-electron chi connectivity index (χ4n) is 2.65. The summed E-state index contributed by atoms with van der Waals surface area (Å²) in [6.07, 6.45) is 6.10. The Bertz CT molecular complexity index is 670. The zero-order valence-electron chi connectivity index (χ0n) is 12.6. The number of aromatic nitrogens is 1. The molecule has 23 heavy (non-hydrogen) atoms. The third kappa shape index (κ3) is 4.56. The van der Waals surface area contributed by atoms with E-state index in [0.717, 1.165) is 29.5 Å². The van der Waals surface area contributed by atoms with Crippen LogP contribution in [0.5, 0.6) is 0 Å². The lowest BCUT2D eigenvalue weighted by molar-refractivity contribution is -0.116. The van der Waals surface area contributed by atoms with Gasteiger partial charge in [0.15, 0.2) is 0 Å². The number of amides is 1. The van der Waals surface area contributed by atoms with E-state index in [1.54, 1.807) is 18.3 Å². The largest absolute Gasteiger partial charge is 0.371 e. The van der Waals surface area contributed by atoms with Gasteiger partial charge in [0, 0.05) is 48.0 Å². The highest BCUT2D eigenvalue weighted by molar-refractivity contribution is 7.10. The molecular weight excluding hydrogens is 330 g/mol. The molecule has 1 fully saturated rings. The summed E-state index contributed by atoms with van der Waals surface area (Å²) >= 11 is 7.44. The van der Waals surface area contributed by atoms with Gasteiger partial charge in [0.2, 0.25) is 5.91 Å². The number of thiazole rings is 1. The number of nitrogens with one attached hydrogen (secondary N) is 1. The van der Waals surface area contributed by atoms with Gasteiger partial charge in [0.1, 0.15) is 5.01 Å². The van der Waals surface area contributed by atoms with E-state index in [4.69, 9.17) is 11.6 Å². The molecule has 1 aromatic heterocycles. The molecule has 0 aliphatic carbocycles. The molecule has 1 atom stereocenters. The van der Waals surface area contributed by atoms with E-state index < -0.39 is 0 Å². The summed E-state index contributed by atoms with van der Waals surface area (Å²) in [5.41, 5.74) is 1.19. The molecular formula is C17H18ClN3OS. The summed E-state index contributed by atoms with van der Waals surface area (Å²) in [5, 5.41) is 6.46. The van der Waals surface area contributed by atoms with E-state index >= 15 is 0 Å². The Morgan fingerprint density at radius 3 is 3.00 bits per heavy atom. The lowest BCUT2D eigenvalue weighted by Gasteiger charge is -2.18. The molecule has 1 aliphatic rings. The molecule has 0 saturated carbocycles. The van der Waals surface area contributed by atoms with Crippen molar-refractivity contribution in [3.05, 3.63) is 51.9 Å². The van der Waals surface area contributed by atoms with E-state index in [2.05, 4.69) is 15.2 Å². The van der Waals surface area contributed by atoms with E-state index in [1.807, 2.05) is 29.6 Å². The molecule has 4 nitrogen and oxygen atoms in total. The van der Waals surface area contributed by atoms with Gasteiger partial charge in [-0.15, -0.1) is 11.3 Å². The smallest absolute Gasteiger partial charge is 0.244 e. The molecule has 1 saturated heterocycles. The average molecular weight is 348 g/mol. The average Bonchev–Trinajstić information content (AvgIpc) is 3.23. The molecule has 0 radical (unpaired) electrons. The molecule has 6 heteroatoms. The quantitative estimate of drug-likeness (QED) is 0.842. The van der Waals surface area contributed by atoms with Gasteiger partial charge < -0.3 is 10.2 Å². The highest BCUT2D eigenvalue weighted by atomic mass is 35.5. The van der Waals surface area contributed by atoms with Crippen LogP contribution in [0.3, 0.4) is 0 Å². The van der Waals surface area contributed by atoms with Crippen LogP contribution >= 0.6 is 22.9 Å². The first-order valence-corrected chi connectivity index (χ1v) is 8.82. The number of hydrogen-bond acceptors (Lipinski definition) is 4. The first-order chi connectivity index (χ1) is 11.2. The Morgan fingerprint density at radius 2 is 2.26 bits per heavy atom. The van der Waals surface area contributed by atoms with Crippen LogP contribution in [-0.4, -0.2) is 30.5 Å². The molecule has 0 spiro atoms. The maximum absolute atomic E-state index is 11.8. The first kappa shape index (κ1) is 16.0. The number of halogens is 1. The van der Waals surface area contributed by atoms with Gasteiger partial charge in [-0.1, -0.05) is 11.6 Å². The van der Waals surface area contributed by atoms with E-state index in [1.165, 1.54) is 17.0 Å². The topological polar surface area (TPSA) is 45.2 Å². The Hall–Kier alpha value is -1.85. The third-order valence-corrected chi connectivity index (χ3v) is 4.86. The second-order valence-corrected chi connectivity index (χ2v) is 6.89. The van der Waals surface area contributed by atoms with Crippen LogP contribution in [0.4, 0.5) is 5.69 Å². The van der Waals surface area contributed by atoms with Crippen LogP contribution in [0.1, 0.15) is 11.4 Å². The lowest BCUT2D eigenvalue weighted by atomic mass is 10.1. The number of anilines is 1. The van der Waals surface area contributed by atoms with Crippen LogP contribution < -0.4 is 10.2 Å². The van der Waals surface area contributed by atoms with Crippen molar-refractivity contribution in [2.75, 3.05) is 24.5 Å². The Kier molecular flexibility index (Phi) is 5.31. The number of hydrogen-bond donors (Lipinski definition) is 1. The summed E-state index contributed by atoms with van der Waals surface area (Å²) in [6, 6.07) is 7.91. The van der Waals surface area contributed by atoms with Crippen LogP contribution in [0.2, 0.25) is 5.02 Å². The maximum Gasteiger partial charge on any atom is 0.244 e. The van der Waals surface area contributed by atoms with Crippen LogP contribution in [0.15, 0.2) is 41.9 Å². The summed E-state index contributed by atoms with van der Waals surface area (Å²) < 4.78 is 0. The molecule has 1 amide bonds. The van der Waals surface area contributed by atoms with Gasteiger partial charge in [-0.2, -0.15) is 0 Å². The first-order valence-electron chi connectivity index (χ1n) is 7.56. The molecule has 1 N–H and O–H groups in total. The predicted octanol–water partition coefficient (Wildman–Crippen LogP) is 3.45. The van der Waals surface area contributed by atoms with Gasteiger partial charge in [0.05, 0.1) is 0 Å². The van der Waals surface area contributed by atoms with Gasteiger partial charge in [-0.05, 0) is 42.7 Å². The third-order valence-electron chi connectivity index (χ3n) is 3.87. The molecule has 2 heterocycles. The Morgan fingerprint density at radius 1 is 1.43 bits per heavy atom. The van der Waals surface area contributed by atoms with Gasteiger partial charge in [0.25, 0.3) is 0 Å². The fraction of sp³-hybridized carbons (Fsp3) is 0.294. The maximum atomic E-state index is 11.8. The number of nitrogens with zero attached hydrogens (tertiary/aromatic N) is 2. The van der Waals surface area contributed by atoms with Crippen molar-refractivity contribution >= 4 is 40.6 Å². The normalized spacial score (nSPS) is 17.8. The number of carbonyl (C=O) groups excluding carboxylic acids is 1. The minimum absolute atomic E-state index is 0.0647. The van der Waals surface area contributed by atoms with Gasteiger partial charge >= 0.3 is 0 Å². The highest BCUT2D eigenvalue weighted by Crippen LogP contribution is 2.24. The van der Waals surface area contributed by atoms with E-state index in [9.17, 15) is 4.79 Å². The minimum atomic E-state index is -0.0647. The minimum Gasteiger partial charge on any atom is -0.371 e. The molecule has 1 aromatic carbocycles. The Balaban J connectivity index is 1.45. The Labute approximate surface area is 144 Å². The number of benzene rings is 1. The second kappa shape index (κ2) is 7.62. The molecule has 2 aromatic rings.